The first-order chi connectivity index (χ1) is 9.51. The van der Waals surface area contributed by atoms with Gasteiger partial charge in [-0.25, -0.2) is 9.97 Å². The van der Waals surface area contributed by atoms with Crippen LogP contribution in [0.3, 0.4) is 0 Å². The molecular weight excluding hydrogens is 301 g/mol. The molecule has 0 bridgehead atoms. The van der Waals surface area contributed by atoms with E-state index < -0.39 is 5.91 Å². The number of aromatic amines is 1. The number of aromatic nitrogens is 4. The van der Waals surface area contributed by atoms with Crippen molar-refractivity contribution in [1.82, 2.24) is 20.2 Å². The number of hydrogen-bond acceptors (Lipinski definition) is 4. The van der Waals surface area contributed by atoms with Crippen molar-refractivity contribution in [2.24, 2.45) is 0 Å². The Balaban J connectivity index is 2.19. The second-order valence-electron chi connectivity index (χ2n) is 4.24. The quantitative estimate of drug-likeness (QED) is 0.850. The molecule has 0 aliphatic heterocycles. The van der Waals surface area contributed by atoms with Gasteiger partial charge in [-0.3, -0.25) is 9.89 Å². The van der Waals surface area contributed by atoms with Crippen molar-refractivity contribution in [3.63, 3.8) is 0 Å². The number of pyridine rings is 1. The SMILES string of the molecule is CCCc1nc(C(=O)Nc2c(C)cc(Cl)nc2Cl)n[nH]1. The van der Waals surface area contributed by atoms with Gasteiger partial charge in [-0.2, -0.15) is 0 Å². The largest absolute Gasteiger partial charge is 0.316 e. The van der Waals surface area contributed by atoms with E-state index >= 15 is 0 Å². The Bertz CT molecular complexity index is 618. The second kappa shape index (κ2) is 6.19. The van der Waals surface area contributed by atoms with Gasteiger partial charge < -0.3 is 5.32 Å². The van der Waals surface area contributed by atoms with E-state index in [1.165, 1.54) is 0 Å². The third kappa shape index (κ3) is 3.26. The van der Waals surface area contributed by atoms with Crippen molar-refractivity contribution in [2.45, 2.75) is 26.7 Å². The number of halogens is 2. The van der Waals surface area contributed by atoms with Crippen LogP contribution in [0.15, 0.2) is 6.07 Å². The summed E-state index contributed by atoms with van der Waals surface area (Å²) in [6.07, 6.45) is 1.66. The highest BCUT2D eigenvalue weighted by Gasteiger charge is 2.16. The number of amides is 1. The van der Waals surface area contributed by atoms with Crippen LogP contribution >= 0.6 is 23.2 Å². The van der Waals surface area contributed by atoms with E-state index in [2.05, 4.69) is 25.5 Å². The van der Waals surface area contributed by atoms with E-state index in [4.69, 9.17) is 23.2 Å². The zero-order chi connectivity index (χ0) is 14.7. The molecule has 0 saturated carbocycles. The van der Waals surface area contributed by atoms with Crippen molar-refractivity contribution in [3.8, 4) is 0 Å². The molecule has 8 heteroatoms. The van der Waals surface area contributed by atoms with Crippen LogP contribution in [-0.4, -0.2) is 26.1 Å². The molecule has 2 aromatic rings. The van der Waals surface area contributed by atoms with E-state index in [9.17, 15) is 4.79 Å². The maximum absolute atomic E-state index is 12.0. The standard InChI is InChI=1S/C12H13Cl2N5O/c1-3-4-8-16-11(19-18-8)12(20)17-9-6(2)5-7(13)15-10(9)14/h5H,3-4H2,1-2H3,(H,17,20)(H,16,18,19). The normalized spacial score (nSPS) is 10.6. The highest BCUT2D eigenvalue weighted by molar-refractivity contribution is 6.35. The smallest absolute Gasteiger partial charge is 0.295 e. The minimum Gasteiger partial charge on any atom is -0.316 e. The van der Waals surface area contributed by atoms with Crippen LogP contribution < -0.4 is 5.32 Å². The van der Waals surface area contributed by atoms with Gasteiger partial charge in [0.15, 0.2) is 5.15 Å². The molecule has 2 heterocycles. The van der Waals surface area contributed by atoms with Gasteiger partial charge in [0.25, 0.3) is 5.91 Å². The molecule has 20 heavy (non-hydrogen) atoms. The Kier molecular flexibility index (Phi) is 4.57. The summed E-state index contributed by atoms with van der Waals surface area (Å²) in [6, 6.07) is 1.61. The molecule has 0 unspecified atom stereocenters. The van der Waals surface area contributed by atoms with Crippen LogP contribution in [0.2, 0.25) is 10.3 Å². The lowest BCUT2D eigenvalue weighted by Crippen LogP contribution is -2.15. The molecule has 0 saturated heterocycles. The van der Waals surface area contributed by atoms with Gasteiger partial charge >= 0.3 is 0 Å². The van der Waals surface area contributed by atoms with Gasteiger partial charge in [0.2, 0.25) is 5.82 Å². The van der Waals surface area contributed by atoms with Crippen LogP contribution in [0.1, 0.15) is 35.4 Å². The second-order valence-corrected chi connectivity index (χ2v) is 4.98. The molecular formula is C12H13Cl2N5O. The maximum atomic E-state index is 12.0. The minimum atomic E-state index is -0.447. The summed E-state index contributed by atoms with van der Waals surface area (Å²) >= 11 is 11.7. The molecule has 1 amide bonds. The maximum Gasteiger partial charge on any atom is 0.295 e. The van der Waals surface area contributed by atoms with E-state index in [1.54, 1.807) is 13.0 Å². The van der Waals surface area contributed by atoms with Crippen molar-refractivity contribution in [3.05, 3.63) is 33.6 Å². The zero-order valence-electron chi connectivity index (χ0n) is 11.0. The molecule has 0 aromatic carbocycles. The van der Waals surface area contributed by atoms with Gasteiger partial charge in [-0.05, 0) is 25.0 Å². The van der Waals surface area contributed by atoms with Crippen LogP contribution in [0.4, 0.5) is 5.69 Å². The molecule has 0 fully saturated rings. The van der Waals surface area contributed by atoms with E-state index in [0.717, 1.165) is 12.8 Å². The Morgan fingerprint density at radius 1 is 1.40 bits per heavy atom. The van der Waals surface area contributed by atoms with Gasteiger partial charge in [-0.15, -0.1) is 5.10 Å². The summed E-state index contributed by atoms with van der Waals surface area (Å²) < 4.78 is 0. The molecule has 0 atom stereocenters. The Morgan fingerprint density at radius 3 is 2.80 bits per heavy atom. The summed E-state index contributed by atoms with van der Waals surface area (Å²) in [5, 5.41) is 9.63. The predicted molar refractivity (Wildman–Crippen MR) is 77.3 cm³/mol. The average Bonchev–Trinajstić information content (AvgIpc) is 2.82. The fraction of sp³-hybridized carbons (Fsp3) is 0.333. The van der Waals surface area contributed by atoms with E-state index in [1.807, 2.05) is 6.92 Å². The number of hydrogen-bond donors (Lipinski definition) is 2. The monoisotopic (exact) mass is 313 g/mol. The molecule has 0 spiro atoms. The fourth-order valence-electron chi connectivity index (χ4n) is 1.66. The van der Waals surface area contributed by atoms with Crippen molar-refractivity contribution >= 4 is 34.8 Å². The van der Waals surface area contributed by atoms with Gasteiger partial charge in [-0.1, -0.05) is 30.1 Å². The highest BCUT2D eigenvalue weighted by Crippen LogP contribution is 2.26. The molecule has 6 nitrogen and oxygen atoms in total. The summed E-state index contributed by atoms with van der Waals surface area (Å²) in [5.41, 5.74) is 1.12. The number of nitrogens with one attached hydrogen (secondary N) is 2. The first-order valence-electron chi connectivity index (χ1n) is 6.06. The van der Waals surface area contributed by atoms with Crippen LogP contribution in [0, 0.1) is 6.92 Å². The number of H-pyrrole nitrogens is 1. The number of anilines is 1. The Hall–Kier alpha value is -1.66. The van der Waals surface area contributed by atoms with Crippen molar-refractivity contribution in [1.29, 1.82) is 0 Å². The number of nitrogens with zero attached hydrogens (tertiary/aromatic N) is 3. The molecule has 106 valence electrons. The molecule has 2 N–H and O–H groups in total. The lowest BCUT2D eigenvalue weighted by atomic mass is 10.2. The summed E-state index contributed by atoms with van der Waals surface area (Å²) in [6.45, 7) is 3.79. The molecule has 2 rings (SSSR count). The minimum absolute atomic E-state index is 0.0684. The number of rotatable bonds is 4. The van der Waals surface area contributed by atoms with E-state index in [-0.39, 0.29) is 16.1 Å². The molecule has 0 radical (unpaired) electrons. The van der Waals surface area contributed by atoms with Crippen LogP contribution in [0.5, 0.6) is 0 Å². The number of aryl methyl sites for hydroxylation is 2. The first-order valence-corrected chi connectivity index (χ1v) is 6.82. The van der Waals surface area contributed by atoms with Gasteiger partial charge in [0.05, 0.1) is 5.69 Å². The Labute approximate surface area is 125 Å². The molecule has 0 aliphatic rings. The molecule has 2 aromatic heterocycles. The zero-order valence-corrected chi connectivity index (χ0v) is 12.5. The van der Waals surface area contributed by atoms with Crippen LogP contribution in [-0.2, 0) is 6.42 Å². The van der Waals surface area contributed by atoms with Gasteiger partial charge in [0.1, 0.15) is 11.0 Å². The first kappa shape index (κ1) is 14.7. The summed E-state index contributed by atoms with van der Waals surface area (Å²) in [4.78, 5) is 20.0. The van der Waals surface area contributed by atoms with Crippen molar-refractivity contribution in [2.75, 3.05) is 5.32 Å². The van der Waals surface area contributed by atoms with Gasteiger partial charge in [0, 0.05) is 6.42 Å². The third-order valence-electron chi connectivity index (χ3n) is 2.60. The van der Waals surface area contributed by atoms with E-state index in [0.29, 0.717) is 17.1 Å². The van der Waals surface area contributed by atoms with Crippen molar-refractivity contribution < 1.29 is 4.79 Å². The topological polar surface area (TPSA) is 83.6 Å². The lowest BCUT2D eigenvalue weighted by Gasteiger charge is -2.08. The fourth-order valence-corrected chi connectivity index (χ4v) is 2.24. The Morgan fingerprint density at radius 2 is 2.15 bits per heavy atom. The number of carbonyl (C=O) groups is 1. The lowest BCUT2D eigenvalue weighted by molar-refractivity contribution is 0.101. The average molecular weight is 314 g/mol. The number of carbonyl (C=O) groups excluding carboxylic acids is 1. The summed E-state index contributed by atoms with van der Waals surface area (Å²) in [5.74, 6) is 0.297. The van der Waals surface area contributed by atoms with Crippen LogP contribution in [0.25, 0.3) is 0 Å². The predicted octanol–water partition coefficient (Wildman–Crippen LogP) is 3.02. The molecule has 0 aliphatic carbocycles. The third-order valence-corrected chi connectivity index (χ3v) is 3.07. The highest BCUT2D eigenvalue weighted by atomic mass is 35.5. The summed E-state index contributed by atoms with van der Waals surface area (Å²) in [7, 11) is 0.